The number of thiazole rings is 1. The number of nitrogens with zero attached hydrogens (tertiary/aromatic N) is 3. The molecule has 29 heavy (non-hydrogen) atoms. The van der Waals surface area contributed by atoms with Crippen LogP contribution in [0, 0.1) is 6.92 Å². The number of carbonyl (C=O) groups excluding carboxylic acids is 2. The number of methoxy groups -OCH3 is 2. The molecule has 0 atom stereocenters. The van der Waals surface area contributed by atoms with Crippen molar-refractivity contribution in [2.45, 2.75) is 19.8 Å². The van der Waals surface area contributed by atoms with Gasteiger partial charge in [-0.05, 0) is 25.1 Å². The van der Waals surface area contributed by atoms with Crippen molar-refractivity contribution in [3.05, 3.63) is 41.9 Å². The molecule has 2 aromatic heterocycles. The van der Waals surface area contributed by atoms with E-state index in [0.717, 1.165) is 16.4 Å². The zero-order valence-electron chi connectivity index (χ0n) is 16.7. The third-order valence-corrected chi connectivity index (χ3v) is 5.42. The second-order valence-corrected chi connectivity index (χ2v) is 7.34. The van der Waals surface area contributed by atoms with E-state index in [1.807, 2.05) is 24.7 Å². The van der Waals surface area contributed by atoms with E-state index in [9.17, 15) is 9.59 Å². The van der Waals surface area contributed by atoms with Crippen LogP contribution >= 0.6 is 11.3 Å². The van der Waals surface area contributed by atoms with Crippen molar-refractivity contribution < 1.29 is 19.1 Å². The molecule has 1 amide bonds. The highest BCUT2D eigenvalue weighted by atomic mass is 32.1. The number of nitrogens with one attached hydrogen (secondary N) is 1. The van der Waals surface area contributed by atoms with E-state index in [1.165, 1.54) is 25.6 Å². The average Bonchev–Trinajstić information content (AvgIpc) is 3.29. The van der Waals surface area contributed by atoms with Gasteiger partial charge >= 0.3 is 0 Å². The van der Waals surface area contributed by atoms with Crippen molar-refractivity contribution in [3.8, 4) is 22.2 Å². The van der Waals surface area contributed by atoms with E-state index in [1.54, 1.807) is 24.4 Å². The monoisotopic (exact) mass is 414 g/mol. The molecule has 0 spiro atoms. The van der Waals surface area contributed by atoms with Crippen LogP contribution in [0.4, 0.5) is 5.13 Å². The van der Waals surface area contributed by atoms with Crippen LogP contribution in [0.25, 0.3) is 10.7 Å². The molecule has 8 nitrogen and oxygen atoms in total. The quantitative estimate of drug-likeness (QED) is 0.567. The molecule has 1 N–H and O–H groups in total. The number of aromatic nitrogens is 3. The summed E-state index contributed by atoms with van der Waals surface area (Å²) >= 11 is 1.36. The van der Waals surface area contributed by atoms with Crippen LogP contribution in [0.15, 0.2) is 30.6 Å². The molecule has 0 bridgehead atoms. The fourth-order valence-electron chi connectivity index (χ4n) is 2.80. The van der Waals surface area contributed by atoms with Gasteiger partial charge in [0.15, 0.2) is 28.2 Å². The number of anilines is 1. The van der Waals surface area contributed by atoms with Crippen LogP contribution in [-0.4, -0.2) is 40.4 Å². The number of Topliss-reactive ketones (excluding diaryl/α,β-unsaturated/α-hetero) is 1. The Morgan fingerprint density at radius 3 is 2.59 bits per heavy atom. The zero-order valence-corrected chi connectivity index (χ0v) is 17.5. The number of hydrogen-bond donors (Lipinski definition) is 1. The van der Waals surface area contributed by atoms with Gasteiger partial charge in [-0.3, -0.25) is 9.59 Å². The van der Waals surface area contributed by atoms with Gasteiger partial charge < -0.3 is 19.4 Å². The highest BCUT2D eigenvalue weighted by Gasteiger charge is 2.16. The van der Waals surface area contributed by atoms with Gasteiger partial charge in [0.05, 0.1) is 24.8 Å². The summed E-state index contributed by atoms with van der Waals surface area (Å²) in [5.41, 5.74) is 1.26. The SMILES string of the molecule is COc1ccc(C(=O)CCC(=O)Nc2nc(C)c(-c3nccn3C)s2)cc1OC. The Hall–Kier alpha value is -3.20. The third-order valence-electron chi connectivity index (χ3n) is 4.35. The van der Waals surface area contributed by atoms with Crippen LogP contribution in [0.5, 0.6) is 11.5 Å². The zero-order chi connectivity index (χ0) is 21.0. The van der Waals surface area contributed by atoms with E-state index >= 15 is 0 Å². The van der Waals surface area contributed by atoms with Gasteiger partial charge in [-0.2, -0.15) is 0 Å². The minimum absolute atomic E-state index is 0.0591. The minimum atomic E-state index is -0.265. The summed E-state index contributed by atoms with van der Waals surface area (Å²) in [6, 6.07) is 4.94. The van der Waals surface area contributed by atoms with Gasteiger partial charge in [0.1, 0.15) is 0 Å². The van der Waals surface area contributed by atoms with Gasteiger partial charge in [0, 0.05) is 37.8 Å². The number of ether oxygens (including phenoxy) is 2. The lowest BCUT2D eigenvalue weighted by Gasteiger charge is -2.09. The highest BCUT2D eigenvalue weighted by molar-refractivity contribution is 7.19. The lowest BCUT2D eigenvalue weighted by molar-refractivity contribution is -0.116. The van der Waals surface area contributed by atoms with Crippen molar-refractivity contribution in [3.63, 3.8) is 0 Å². The summed E-state index contributed by atoms with van der Waals surface area (Å²) in [5.74, 6) is 1.40. The Morgan fingerprint density at radius 2 is 1.93 bits per heavy atom. The van der Waals surface area contributed by atoms with Gasteiger partial charge in [-0.15, -0.1) is 0 Å². The molecule has 0 radical (unpaired) electrons. The Balaban J connectivity index is 1.60. The molecule has 0 aliphatic carbocycles. The van der Waals surface area contributed by atoms with Crippen LogP contribution < -0.4 is 14.8 Å². The molecule has 1 aromatic carbocycles. The number of benzene rings is 1. The first-order valence-corrected chi connectivity index (χ1v) is 9.74. The molecule has 0 saturated carbocycles. The van der Waals surface area contributed by atoms with Gasteiger partial charge in [0.25, 0.3) is 0 Å². The number of carbonyl (C=O) groups is 2. The fraction of sp³-hybridized carbons (Fsp3) is 0.300. The van der Waals surface area contributed by atoms with Crippen molar-refractivity contribution in [1.82, 2.24) is 14.5 Å². The van der Waals surface area contributed by atoms with Crippen molar-refractivity contribution >= 4 is 28.2 Å². The lowest BCUT2D eigenvalue weighted by Crippen LogP contribution is -2.13. The van der Waals surface area contributed by atoms with E-state index in [2.05, 4.69) is 15.3 Å². The number of ketones is 1. The molecular weight excluding hydrogens is 392 g/mol. The van der Waals surface area contributed by atoms with E-state index < -0.39 is 0 Å². The minimum Gasteiger partial charge on any atom is -0.493 e. The first-order valence-electron chi connectivity index (χ1n) is 8.93. The van der Waals surface area contributed by atoms with Gasteiger partial charge in [0.2, 0.25) is 5.91 Å². The first kappa shape index (κ1) is 20.5. The standard InChI is InChI=1S/C20H22N4O4S/c1-12-18(19-21-9-10-24(19)2)29-20(22-12)23-17(26)8-6-14(25)13-5-7-15(27-3)16(11-13)28-4/h5,7,9-11H,6,8H2,1-4H3,(H,22,23,26). The molecule has 0 aliphatic rings. The smallest absolute Gasteiger partial charge is 0.226 e. The van der Waals surface area contributed by atoms with Gasteiger partial charge in [-0.1, -0.05) is 11.3 Å². The predicted octanol–water partition coefficient (Wildman–Crippen LogP) is 3.47. The summed E-state index contributed by atoms with van der Waals surface area (Å²) in [5, 5.41) is 3.26. The Morgan fingerprint density at radius 1 is 1.17 bits per heavy atom. The van der Waals surface area contributed by atoms with Crippen LogP contribution in [0.2, 0.25) is 0 Å². The summed E-state index contributed by atoms with van der Waals surface area (Å²) in [7, 11) is 4.94. The molecule has 2 heterocycles. The molecular formula is C20H22N4O4S. The highest BCUT2D eigenvalue weighted by Crippen LogP contribution is 2.31. The molecule has 152 valence electrons. The van der Waals surface area contributed by atoms with E-state index in [0.29, 0.717) is 22.2 Å². The molecule has 0 aliphatic heterocycles. The summed E-state index contributed by atoms with van der Waals surface area (Å²) in [6.45, 7) is 1.87. The summed E-state index contributed by atoms with van der Waals surface area (Å²) in [4.78, 5) is 34.3. The van der Waals surface area contributed by atoms with Crippen LogP contribution in [0.3, 0.4) is 0 Å². The van der Waals surface area contributed by atoms with E-state index in [-0.39, 0.29) is 24.5 Å². The van der Waals surface area contributed by atoms with Crippen molar-refractivity contribution in [1.29, 1.82) is 0 Å². The van der Waals surface area contributed by atoms with Crippen LogP contribution in [-0.2, 0) is 11.8 Å². The second kappa shape index (κ2) is 8.87. The third kappa shape index (κ3) is 4.62. The number of imidazole rings is 1. The topological polar surface area (TPSA) is 95.3 Å². The van der Waals surface area contributed by atoms with Crippen LogP contribution in [0.1, 0.15) is 28.9 Å². The molecule has 3 rings (SSSR count). The maximum Gasteiger partial charge on any atom is 0.226 e. The molecule has 9 heteroatoms. The molecule has 3 aromatic rings. The maximum absolute atomic E-state index is 12.4. The first-order chi connectivity index (χ1) is 13.9. The van der Waals surface area contributed by atoms with E-state index in [4.69, 9.17) is 9.47 Å². The number of aryl methyl sites for hydroxylation is 2. The lowest BCUT2D eigenvalue weighted by atomic mass is 10.1. The number of amides is 1. The fourth-order valence-corrected chi connectivity index (χ4v) is 3.83. The van der Waals surface area contributed by atoms with Crippen molar-refractivity contribution in [2.75, 3.05) is 19.5 Å². The molecule has 0 unspecified atom stereocenters. The molecule has 0 saturated heterocycles. The second-order valence-electron chi connectivity index (χ2n) is 6.34. The normalized spacial score (nSPS) is 10.6. The maximum atomic E-state index is 12.4. The Bertz CT molecular complexity index is 1040. The number of hydrogen-bond acceptors (Lipinski definition) is 7. The Kier molecular flexibility index (Phi) is 6.28. The average molecular weight is 414 g/mol. The predicted molar refractivity (Wildman–Crippen MR) is 111 cm³/mol. The summed E-state index contributed by atoms with van der Waals surface area (Å²) < 4.78 is 12.3. The Labute approximate surface area is 172 Å². The largest absolute Gasteiger partial charge is 0.493 e. The molecule has 0 fully saturated rings. The van der Waals surface area contributed by atoms with Gasteiger partial charge in [-0.25, -0.2) is 9.97 Å². The van der Waals surface area contributed by atoms with Crippen molar-refractivity contribution in [2.24, 2.45) is 7.05 Å². The summed E-state index contributed by atoms with van der Waals surface area (Å²) in [6.07, 6.45) is 3.71. The number of rotatable bonds is 8.